The zero-order valence-corrected chi connectivity index (χ0v) is 17.9. The van der Waals surface area contributed by atoms with Crippen LogP contribution in [0.1, 0.15) is 36.9 Å². The number of aryl methyl sites for hydroxylation is 1. The molecule has 1 heterocycles. The number of nitrogens with zero attached hydrogens (tertiary/aromatic N) is 1. The fourth-order valence-corrected chi connectivity index (χ4v) is 5.07. The summed E-state index contributed by atoms with van der Waals surface area (Å²) >= 11 is 0. The van der Waals surface area contributed by atoms with Gasteiger partial charge in [-0.2, -0.15) is 4.31 Å². The molecule has 156 valence electrons. The second kappa shape index (κ2) is 8.97. The van der Waals surface area contributed by atoms with E-state index >= 15 is 0 Å². The average Bonchev–Trinajstić information content (AvgIpc) is 2.74. The van der Waals surface area contributed by atoms with Crippen LogP contribution in [0.5, 0.6) is 5.75 Å². The molecule has 29 heavy (non-hydrogen) atoms. The molecule has 1 amide bonds. The highest BCUT2D eigenvalue weighted by Gasteiger charge is 2.33. The van der Waals surface area contributed by atoms with Crippen LogP contribution in [0.2, 0.25) is 0 Å². The van der Waals surface area contributed by atoms with Gasteiger partial charge in [0, 0.05) is 13.1 Å². The monoisotopic (exact) mass is 416 g/mol. The molecule has 0 aromatic heterocycles. The van der Waals surface area contributed by atoms with Crippen molar-refractivity contribution in [1.29, 1.82) is 0 Å². The summed E-state index contributed by atoms with van der Waals surface area (Å²) in [6.07, 6.45) is 1.35. The number of hydrogen-bond donors (Lipinski definition) is 1. The van der Waals surface area contributed by atoms with E-state index in [9.17, 15) is 13.2 Å². The molecule has 2 aromatic carbocycles. The van der Waals surface area contributed by atoms with E-state index in [1.54, 1.807) is 31.4 Å². The van der Waals surface area contributed by atoms with Gasteiger partial charge in [-0.25, -0.2) is 8.42 Å². The van der Waals surface area contributed by atoms with Gasteiger partial charge in [0.15, 0.2) is 0 Å². The van der Waals surface area contributed by atoms with Crippen LogP contribution < -0.4 is 10.1 Å². The van der Waals surface area contributed by atoms with Crippen molar-refractivity contribution in [3.63, 3.8) is 0 Å². The van der Waals surface area contributed by atoms with Gasteiger partial charge in [-0.1, -0.05) is 29.8 Å². The summed E-state index contributed by atoms with van der Waals surface area (Å²) in [6.45, 7) is 4.48. The topological polar surface area (TPSA) is 75.7 Å². The molecule has 0 aliphatic carbocycles. The molecule has 0 radical (unpaired) electrons. The van der Waals surface area contributed by atoms with Crippen LogP contribution in [0.4, 0.5) is 0 Å². The molecule has 0 unspecified atom stereocenters. The van der Waals surface area contributed by atoms with Crippen molar-refractivity contribution in [3.8, 4) is 5.75 Å². The average molecular weight is 417 g/mol. The van der Waals surface area contributed by atoms with Crippen molar-refractivity contribution in [2.75, 3.05) is 20.2 Å². The van der Waals surface area contributed by atoms with Gasteiger partial charge in [0.2, 0.25) is 15.9 Å². The van der Waals surface area contributed by atoms with Crippen LogP contribution in [-0.2, 0) is 14.8 Å². The fourth-order valence-electron chi connectivity index (χ4n) is 3.54. The number of piperidine rings is 1. The first-order valence-corrected chi connectivity index (χ1v) is 11.3. The quantitative estimate of drug-likeness (QED) is 0.784. The number of benzene rings is 2. The zero-order valence-electron chi connectivity index (χ0n) is 17.1. The highest BCUT2D eigenvalue weighted by Crippen LogP contribution is 2.25. The van der Waals surface area contributed by atoms with Crippen LogP contribution >= 0.6 is 0 Å². The summed E-state index contributed by atoms with van der Waals surface area (Å²) in [7, 11) is -1.98. The third-order valence-corrected chi connectivity index (χ3v) is 7.27. The Hall–Kier alpha value is -2.38. The Morgan fingerprint density at radius 2 is 1.79 bits per heavy atom. The van der Waals surface area contributed by atoms with Crippen LogP contribution in [0.15, 0.2) is 53.4 Å². The predicted octanol–water partition coefficient (Wildman–Crippen LogP) is 3.28. The standard InChI is InChI=1S/C22H28N2O4S/c1-16-6-12-21(13-7-16)29(26,27)24-14-4-5-19(15-24)22(25)23-17(2)18-8-10-20(28-3)11-9-18/h6-13,17,19H,4-5,14-15H2,1-3H3,(H,23,25)/t17-,19+/m0/s1. The SMILES string of the molecule is COc1ccc([C@H](C)NC(=O)[C@@H]2CCCN(S(=O)(=O)c3ccc(C)cc3)C2)cc1. The Morgan fingerprint density at radius 3 is 2.41 bits per heavy atom. The lowest BCUT2D eigenvalue weighted by Crippen LogP contribution is -2.45. The van der Waals surface area contributed by atoms with E-state index < -0.39 is 10.0 Å². The van der Waals surface area contributed by atoms with E-state index in [0.29, 0.717) is 19.4 Å². The minimum Gasteiger partial charge on any atom is -0.497 e. The molecule has 1 saturated heterocycles. The molecule has 1 aliphatic heterocycles. The Balaban J connectivity index is 1.66. The van der Waals surface area contributed by atoms with E-state index in [1.165, 1.54) is 4.31 Å². The number of carbonyl (C=O) groups excluding carboxylic acids is 1. The molecule has 2 atom stereocenters. The van der Waals surface area contributed by atoms with Crippen molar-refractivity contribution in [3.05, 3.63) is 59.7 Å². The summed E-state index contributed by atoms with van der Waals surface area (Å²) < 4.78 is 32.5. The lowest BCUT2D eigenvalue weighted by atomic mass is 9.98. The van der Waals surface area contributed by atoms with Crippen molar-refractivity contribution in [1.82, 2.24) is 9.62 Å². The minimum atomic E-state index is -3.59. The number of methoxy groups -OCH3 is 1. The fraction of sp³-hybridized carbons (Fsp3) is 0.409. The lowest BCUT2D eigenvalue weighted by Gasteiger charge is -2.32. The molecule has 1 aliphatic rings. The van der Waals surface area contributed by atoms with Gasteiger partial charge >= 0.3 is 0 Å². The molecule has 1 N–H and O–H groups in total. The first-order valence-electron chi connectivity index (χ1n) is 9.82. The van der Waals surface area contributed by atoms with E-state index in [0.717, 1.165) is 16.9 Å². The summed E-state index contributed by atoms with van der Waals surface area (Å²) in [5.41, 5.74) is 1.98. The molecule has 0 bridgehead atoms. The molecular formula is C22H28N2O4S. The summed E-state index contributed by atoms with van der Waals surface area (Å²) in [6, 6.07) is 14.2. The zero-order chi connectivity index (χ0) is 21.0. The second-order valence-corrected chi connectivity index (χ2v) is 9.46. The van der Waals surface area contributed by atoms with Crippen molar-refractivity contribution < 1.29 is 17.9 Å². The predicted molar refractivity (Wildman–Crippen MR) is 112 cm³/mol. The van der Waals surface area contributed by atoms with Crippen molar-refractivity contribution >= 4 is 15.9 Å². The Kier molecular flexibility index (Phi) is 6.59. The molecule has 1 fully saturated rings. The Morgan fingerprint density at radius 1 is 1.14 bits per heavy atom. The van der Waals surface area contributed by atoms with Gasteiger partial charge in [-0.05, 0) is 56.5 Å². The minimum absolute atomic E-state index is 0.114. The first-order chi connectivity index (χ1) is 13.8. The van der Waals surface area contributed by atoms with Crippen LogP contribution in [0, 0.1) is 12.8 Å². The van der Waals surface area contributed by atoms with Gasteiger partial charge in [0.05, 0.1) is 24.0 Å². The normalized spacial score (nSPS) is 18.8. The Labute approximate surface area is 172 Å². The maximum atomic E-state index is 13.0. The van der Waals surface area contributed by atoms with Gasteiger partial charge in [0.25, 0.3) is 0 Å². The first kappa shape index (κ1) is 21.3. The number of ether oxygens (including phenoxy) is 1. The number of rotatable bonds is 6. The lowest BCUT2D eigenvalue weighted by molar-refractivity contribution is -0.126. The van der Waals surface area contributed by atoms with Crippen molar-refractivity contribution in [2.45, 2.75) is 37.6 Å². The molecule has 3 rings (SSSR count). The number of carbonyl (C=O) groups is 1. The van der Waals surface area contributed by atoms with Gasteiger partial charge in [0.1, 0.15) is 5.75 Å². The number of amides is 1. The highest BCUT2D eigenvalue weighted by molar-refractivity contribution is 7.89. The molecule has 2 aromatic rings. The van der Waals surface area contributed by atoms with E-state index in [-0.39, 0.29) is 29.3 Å². The van der Waals surface area contributed by atoms with Crippen molar-refractivity contribution in [2.24, 2.45) is 5.92 Å². The van der Waals surface area contributed by atoms with Crippen LogP contribution in [0.3, 0.4) is 0 Å². The summed E-state index contributed by atoms with van der Waals surface area (Å²) in [5, 5.41) is 3.02. The Bertz CT molecular complexity index is 940. The highest BCUT2D eigenvalue weighted by atomic mass is 32.2. The van der Waals surface area contributed by atoms with Crippen LogP contribution in [-0.4, -0.2) is 38.8 Å². The molecule has 6 nitrogen and oxygen atoms in total. The molecule has 0 saturated carbocycles. The van der Waals surface area contributed by atoms with E-state index in [1.807, 2.05) is 38.1 Å². The third-order valence-electron chi connectivity index (χ3n) is 5.39. The molecule has 0 spiro atoms. The number of hydrogen-bond acceptors (Lipinski definition) is 4. The van der Waals surface area contributed by atoms with Gasteiger partial charge in [-0.15, -0.1) is 0 Å². The number of sulfonamides is 1. The molecular weight excluding hydrogens is 388 g/mol. The number of nitrogens with one attached hydrogen (secondary N) is 1. The van der Waals surface area contributed by atoms with Gasteiger partial charge < -0.3 is 10.1 Å². The largest absolute Gasteiger partial charge is 0.497 e. The summed E-state index contributed by atoms with van der Waals surface area (Å²) in [4.78, 5) is 13.1. The smallest absolute Gasteiger partial charge is 0.243 e. The molecule has 7 heteroatoms. The van der Waals surface area contributed by atoms with Gasteiger partial charge in [-0.3, -0.25) is 4.79 Å². The van der Waals surface area contributed by atoms with Crippen LogP contribution in [0.25, 0.3) is 0 Å². The summed E-state index contributed by atoms with van der Waals surface area (Å²) in [5.74, 6) is 0.290. The second-order valence-electron chi connectivity index (χ2n) is 7.52. The maximum Gasteiger partial charge on any atom is 0.243 e. The van der Waals surface area contributed by atoms with E-state index in [2.05, 4.69) is 5.32 Å². The maximum absolute atomic E-state index is 13.0. The third kappa shape index (κ3) is 4.97. The van der Waals surface area contributed by atoms with E-state index in [4.69, 9.17) is 4.74 Å².